The Bertz CT molecular complexity index is 240. The van der Waals surface area contributed by atoms with Crippen molar-refractivity contribution in [2.24, 2.45) is 0 Å². The lowest BCUT2D eigenvalue weighted by atomic mass is 10.5. The zero-order valence-electron chi connectivity index (χ0n) is 5.84. The number of allylic oxidation sites excluding steroid dienone is 1. The van der Waals surface area contributed by atoms with Crippen molar-refractivity contribution in [3.8, 4) is 0 Å². The Morgan fingerprint density at radius 3 is 3.00 bits per heavy atom. The lowest BCUT2D eigenvalue weighted by molar-refractivity contribution is 0.773. The first kappa shape index (κ1) is 7.35. The monoisotopic (exact) mass is 156 g/mol. The van der Waals surface area contributed by atoms with Crippen LogP contribution in [0.15, 0.2) is 24.0 Å². The summed E-state index contributed by atoms with van der Waals surface area (Å²) in [6, 6.07) is 0. The fourth-order valence-corrected chi connectivity index (χ4v) is 0.884. The minimum absolute atomic E-state index is 0.626. The summed E-state index contributed by atoms with van der Waals surface area (Å²) in [4.78, 5) is 4.03. The van der Waals surface area contributed by atoms with Crippen molar-refractivity contribution in [3.63, 3.8) is 0 Å². The molecule has 1 aromatic heterocycles. The van der Waals surface area contributed by atoms with Crippen LogP contribution in [-0.2, 0) is 6.54 Å². The van der Waals surface area contributed by atoms with Crippen molar-refractivity contribution < 1.29 is 0 Å². The zero-order chi connectivity index (χ0) is 7.56. The first-order valence-electron chi connectivity index (χ1n) is 3.01. The molecule has 0 fully saturated rings. The van der Waals surface area contributed by atoms with Crippen LogP contribution in [0.2, 0.25) is 0 Å². The fourth-order valence-electron chi connectivity index (χ4n) is 0.756. The Morgan fingerprint density at radius 1 is 1.90 bits per heavy atom. The van der Waals surface area contributed by atoms with Gasteiger partial charge in [0.25, 0.3) is 0 Å². The van der Waals surface area contributed by atoms with Crippen molar-refractivity contribution >= 4 is 11.6 Å². The summed E-state index contributed by atoms with van der Waals surface area (Å²) in [7, 11) is 0. The minimum Gasteiger partial charge on any atom is -0.330 e. The molecule has 0 bridgehead atoms. The van der Waals surface area contributed by atoms with Gasteiger partial charge < -0.3 is 4.57 Å². The third-order valence-electron chi connectivity index (χ3n) is 1.27. The van der Waals surface area contributed by atoms with Gasteiger partial charge >= 0.3 is 0 Å². The molecule has 1 rings (SSSR count). The lowest BCUT2D eigenvalue weighted by Gasteiger charge is -2.00. The molecule has 0 aliphatic rings. The molecule has 0 spiro atoms. The molecule has 0 aliphatic heterocycles. The summed E-state index contributed by atoms with van der Waals surface area (Å²) < 4.78 is 1.94. The molecule has 10 heavy (non-hydrogen) atoms. The topological polar surface area (TPSA) is 17.8 Å². The van der Waals surface area contributed by atoms with E-state index in [0.717, 1.165) is 5.82 Å². The van der Waals surface area contributed by atoms with E-state index in [2.05, 4.69) is 11.6 Å². The van der Waals surface area contributed by atoms with Gasteiger partial charge in [-0.1, -0.05) is 18.2 Å². The van der Waals surface area contributed by atoms with Crippen molar-refractivity contribution in [1.82, 2.24) is 9.55 Å². The van der Waals surface area contributed by atoms with Crippen molar-refractivity contribution in [2.45, 2.75) is 13.5 Å². The largest absolute Gasteiger partial charge is 0.330 e. The van der Waals surface area contributed by atoms with E-state index in [1.54, 1.807) is 6.20 Å². The summed E-state index contributed by atoms with van der Waals surface area (Å²) in [5, 5.41) is 0.626. The number of rotatable bonds is 2. The number of imidazole rings is 1. The van der Waals surface area contributed by atoms with Gasteiger partial charge in [0, 0.05) is 17.4 Å². The highest BCUT2D eigenvalue weighted by molar-refractivity contribution is 6.29. The smallest absolute Gasteiger partial charge is 0.105 e. The maximum atomic E-state index is 5.60. The molecule has 0 N–H and O–H groups in total. The number of hydrogen-bond donors (Lipinski definition) is 0. The van der Waals surface area contributed by atoms with Gasteiger partial charge in [-0.2, -0.15) is 0 Å². The predicted molar refractivity (Wildman–Crippen MR) is 42.0 cm³/mol. The van der Waals surface area contributed by atoms with Gasteiger partial charge in [-0.15, -0.1) is 0 Å². The molecular formula is C7H9ClN2. The second-order valence-electron chi connectivity index (χ2n) is 2.12. The van der Waals surface area contributed by atoms with E-state index in [0.29, 0.717) is 11.6 Å². The molecule has 0 aromatic carbocycles. The average molecular weight is 157 g/mol. The number of nitrogens with zero attached hydrogens (tertiary/aromatic N) is 2. The number of halogens is 1. The molecule has 0 atom stereocenters. The van der Waals surface area contributed by atoms with Gasteiger partial charge in [0.2, 0.25) is 0 Å². The van der Waals surface area contributed by atoms with E-state index in [4.69, 9.17) is 11.6 Å². The van der Waals surface area contributed by atoms with Crippen molar-refractivity contribution in [2.75, 3.05) is 0 Å². The molecule has 2 nitrogen and oxygen atoms in total. The third-order valence-corrected chi connectivity index (χ3v) is 1.39. The van der Waals surface area contributed by atoms with Crippen LogP contribution in [-0.4, -0.2) is 9.55 Å². The minimum atomic E-state index is 0.626. The first-order valence-corrected chi connectivity index (χ1v) is 3.39. The summed E-state index contributed by atoms with van der Waals surface area (Å²) in [5.41, 5.74) is 0. The molecule has 3 heteroatoms. The molecule has 0 saturated heterocycles. The van der Waals surface area contributed by atoms with E-state index in [1.807, 2.05) is 17.7 Å². The van der Waals surface area contributed by atoms with Crippen LogP contribution >= 0.6 is 11.6 Å². The van der Waals surface area contributed by atoms with Gasteiger partial charge in [-0.25, -0.2) is 4.98 Å². The standard InChI is InChI=1S/C7H9ClN2/c1-6(8)5-10-4-3-9-7(10)2/h3-4H,1,5H2,2H3. The maximum absolute atomic E-state index is 5.60. The first-order chi connectivity index (χ1) is 4.70. The highest BCUT2D eigenvalue weighted by atomic mass is 35.5. The fraction of sp³-hybridized carbons (Fsp3) is 0.286. The Hall–Kier alpha value is -0.760. The van der Waals surface area contributed by atoms with Crippen LogP contribution < -0.4 is 0 Å². The second-order valence-corrected chi connectivity index (χ2v) is 2.65. The van der Waals surface area contributed by atoms with Crippen LogP contribution in [0.25, 0.3) is 0 Å². The average Bonchev–Trinajstić information content (AvgIpc) is 2.15. The Balaban J connectivity index is 2.74. The second kappa shape index (κ2) is 2.88. The quantitative estimate of drug-likeness (QED) is 0.640. The molecule has 0 saturated carbocycles. The van der Waals surface area contributed by atoms with E-state index < -0.39 is 0 Å². The van der Waals surface area contributed by atoms with Gasteiger partial charge in [0.15, 0.2) is 0 Å². The molecule has 0 unspecified atom stereocenters. The summed E-state index contributed by atoms with van der Waals surface area (Å²) in [5.74, 6) is 0.960. The van der Waals surface area contributed by atoms with Crippen LogP contribution in [0.4, 0.5) is 0 Å². The molecule has 1 aromatic rings. The molecule has 0 radical (unpaired) electrons. The summed E-state index contributed by atoms with van der Waals surface area (Å²) in [6.07, 6.45) is 3.62. The summed E-state index contributed by atoms with van der Waals surface area (Å²) >= 11 is 5.60. The van der Waals surface area contributed by atoms with Crippen LogP contribution in [0.1, 0.15) is 5.82 Å². The lowest BCUT2D eigenvalue weighted by Crippen LogP contribution is -1.97. The third kappa shape index (κ3) is 1.61. The van der Waals surface area contributed by atoms with E-state index in [9.17, 15) is 0 Å². The van der Waals surface area contributed by atoms with Crippen molar-refractivity contribution in [1.29, 1.82) is 0 Å². The van der Waals surface area contributed by atoms with Crippen molar-refractivity contribution in [3.05, 3.63) is 29.8 Å². The Labute approximate surface area is 65.1 Å². The molecule has 1 heterocycles. The van der Waals surface area contributed by atoms with E-state index in [1.165, 1.54) is 0 Å². The van der Waals surface area contributed by atoms with Gasteiger partial charge in [0.05, 0.1) is 6.54 Å². The Kier molecular flexibility index (Phi) is 2.12. The van der Waals surface area contributed by atoms with Gasteiger partial charge in [-0.3, -0.25) is 0 Å². The Morgan fingerprint density at radius 2 is 2.60 bits per heavy atom. The highest BCUT2D eigenvalue weighted by Gasteiger charge is 1.95. The highest BCUT2D eigenvalue weighted by Crippen LogP contribution is 2.03. The summed E-state index contributed by atoms with van der Waals surface area (Å²) in [6.45, 7) is 6.16. The van der Waals surface area contributed by atoms with Gasteiger partial charge in [-0.05, 0) is 6.92 Å². The number of aromatic nitrogens is 2. The molecule has 0 aliphatic carbocycles. The van der Waals surface area contributed by atoms with Crippen LogP contribution in [0.5, 0.6) is 0 Å². The normalized spacial score (nSPS) is 9.80. The molecule has 54 valence electrons. The van der Waals surface area contributed by atoms with E-state index >= 15 is 0 Å². The zero-order valence-corrected chi connectivity index (χ0v) is 6.60. The van der Waals surface area contributed by atoms with E-state index in [-0.39, 0.29) is 0 Å². The number of hydrogen-bond acceptors (Lipinski definition) is 1. The predicted octanol–water partition coefficient (Wildman–Crippen LogP) is 1.94. The van der Waals surface area contributed by atoms with Crippen LogP contribution in [0.3, 0.4) is 0 Å². The number of aryl methyl sites for hydroxylation is 1. The van der Waals surface area contributed by atoms with Gasteiger partial charge in [0.1, 0.15) is 5.82 Å². The SMILES string of the molecule is C=C(Cl)Cn1ccnc1C. The molecular weight excluding hydrogens is 148 g/mol. The van der Waals surface area contributed by atoms with Crippen LogP contribution in [0, 0.1) is 6.92 Å². The maximum Gasteiger partial charge on any atom is 0.105 e. The molecule has 0 amide bonds.